The minimum atomic E-state index is -0.0492. The number of methoxy groups -OCH3 is 1. The van der Waals surface area contributed by atoms with Crippen LogP contribution in [-0.2, 0) is 0 Å². The molecule has 7 heteroatoms. The maximum Gasteiger partial charge on any atom is 0.317 e. The molecular formula is C13H20N4O3. The number of ether oxygens (including phenoxy) is 2. The number of hydrogen-bond donors (Lipinski definition) is 1. The first kappa shape index (κ1) is 14.4. The van der Waals surface area contributed by atoms with Gasteiger partial charge in [0, 0.05) is 31.1 Å². The van der Waals surface area contributed by atoms with E-state index in [0.717, 1.165) is 6.42 Å². The zero-order chi connectivity index (χ0) is 14.5. The third kappa shape index (κ3) is 3.72. The summed E-state index contributed by atoms with van der Waals surface area (Å²) in [5.41, 5.74) is 0. The number of carbonyl (C=O) groups excluding carboxylic acids is 1. The van der Waals surface area contributed by atoms with E-state index in [2.05, 4.69) is 15.5 Å². The Kier molecular flexibility index (Phi) is 4.60. The Morgan fingerprint density at radius 3 is 2.70 bits per heavy atom. The van der Waals surface area contributed by atoms with Gasteiger partial charge in [-0.05, 0) is 13.8 Å². The topological polar surface area (TPSA) is 76.6 Å². The van der Waals surface area contributed by atoms with Crippen LogP contribution in [-0.4, -0.2) is 53.5 Å². The normalized spacial score (nSPS) is 18.2. The summed E-state index contributed by atoms with van der Waals surface area (Å²) in [6.07, 6.45) is 0.745. The first-order valence-corrected chi connectivity index (χ1v) is 6.68. The lowest BCUT2D eigenvalue weighted by Gasteiger charge is -2.19. The van der Waals surface area contributed by atoms with Gasteiger partial charge in [0.1, 0.15) is 6.10 Å². The molecule has 2 amide bonds. The molecule has 0 aliphatic carbocycles. The largest absolute Gasteiger partial charge is 0.480 e. The summed E-state index contributed by atoms with van der Waals surface area (Å²) in [7, 11) is 1.53. The van der Waals surface area contributed by atoms with Crippen molar-refractivity contribution in [2.24, 2.45) is 0 Å². The molecule has 2 heterocycles. The maximum absolute atomic E-state index is 11.9. The van der Waals surface area contributed by atoms with Gasteiger partial charge in [0.25, 0.3) is 0 Å². The third-order valence-corrected chi connectivity index (χ3v) is 2.96. The molecule has 7 nitrogen and oxygen atoms in total. The van der Waals surface area contributed by atoms with E-state index >= 15 is 0 Å². The molecule has 110 valence electrons. The molecule has 0 saturated carbocycles. The predicted octanol–water partition coefficient (Wildman–Crippen LogP) is 1.06. The van der Waals surface area contributed by atoms with Gasteiger partial charge in [-0.25, -0.2) is 4.79 Å². The van der Waals surface area contributed by atoms with Crippen LogP contribution in [0.2, 0.25) is 0 Å². The van der Waals surface area contributed by atoms with Crippen LogP contribution in [0.1, 0.15) is 20.3 Å². The van der Waals surface area contributed by atoms with Crippen molar-refractivity contribution >= 4 is 6.03 Å². The quantitative estimate of drug-likeness (QED) is 0.892. The number of rotatable bonds is 4. The molecule has 1 fully saturated rings. The van der Waals surface area contributed by atoms with E-state index in [1.807, 2.05) is 13.8 Å². The summed E-state index contributed by atoms with van der Waals surface area (Å²) in [5.74, 6) is 0.892. The van der Waals surface area contributed by atoms with E-state index in [1.165, 1.54) is 7.11 Å². The standard InChI is InChI=1S/C13H20N4O3/c1-9(2)14-13(18)17-7-6-10(8-17)20-12-5-4-11(19-3)15-16-12/h4-5,9-10H,6-8H2,1-3H3,(H,14,18). The average Bonchev–Trinajstić information content (AvgIpc) is 2.87. The van der Waals surface area contributed by atoms with E-state index in [1.54, 1.807) is 17.0 Å². The van der Waals surface area contributed by atoms with E-state index in [4.69, 9.17) is 9.47 Å². The van der Waals surface area contributed by atoms with Crippen LogP contribution in [0.4, 0.5) is 4.79 Å². The Hall–Kier alpha value is -2.05. The zero-order valence-electron chi connectivity index (χ0n) is 12.0. The first-order chi connectivity index (χ1) is 9.58. The summed E-state index contributed by atoms with van der Waals surface area (Å²) in [6.45, 7) is 5.13. The van der Waals surface area contributed by atoms with Gasteiger partial charge in [0.2, 0.25) is 11.8 Å². The molecule has 1 aromatic heterocycles. The highest BCUT2D eigenvalue weighted by Gasteiger charge is 2.28. The van der Waals surface area contributed by atoms with Crippen LogP contribution in [0, 0.1) is 0 Å². The summed E-state index contributed by atoms with van der Waals surface area (Å²) in [5, 5.41) is 10.6. The Morgan fingerprint density at radius 1 is 1.40 bits per heavy atom. The number of urea groups is 1. The van der Waals surface area contributed by atoms with Crippen molar-refractivity contribution in [3.63, 3.8) is 0 Å². The Morgan fingerprint density at radius 2 is 2.10 bits per heavy atom. The smallest absolute Gasteiger partial charge is 0.317 e. The second-order valence-corrected chi connectivity index (χ2v) is 4.99. The minimum Gasteiger partial charge on any atom is -0.480 e. The molecule has 0 aromatic carbocycles. The van der Waals surface area contributed by atoms with Crippen LogP contribution in [0.5, 0.6) is 11.8 Å². The highest BCUT2D eigenvalue weighted by molar-refractivity contribution is 5.74. The molecule has 1 saturated heterocycles. The first-order valence-electron chi connectivity index (χ1n) is 6.68. The number of likely N-dealkylation sites (tertiary alicyclic amines) is 1. The minimum absolute atomic E-state index is 0.0457. The fourth-order valence-electron chi connectivity index (χ4n) is 2.00. The van der Waals surface area contributed by atoms with Gasteiger partial charge in [-0.3, -0.25) is 0 Å². The molecule has 1 atom stereocenters. The molecule has 0 radical (unpaired) electrons. The number of nitrogens with one attached hydrogen (secondary N) is 1. The Labute approximate surface area is 118 Å². The van der Waals surface area contributed by atoms with Crippen molar-refractivity contribution < 1.29 is 14.3 Å². The number of nitrogens with zero attached hydrogens (tertiary/aromatic N) is 3. The highest BCUT2D eigenvalue weighted by Crippen LogP contribution is 2.17. The fraction of sp³-hybridized carbons (Fsp3) is 0.615. The Balaban J connectivity index is 1.84. The summed E-state index contributed by atoms with van der Waals surface area (Å²) in [6, 6.07) is 3.49. The summed E-state index contributed by atoms with van der Waals surface area (Å²) < 4.78 is 10.6. The van der Waals surface area contributed by atoms with Crippen LogP contribution >= 0.6 is 0 Å². The van der Waals surface area contributed by atoms with Crippen LogP contribution in [0.25, 0.3) is 0 Å². The van der Waals surface area contributed by atoms with Crippen molar-refractivity contribution in [3.05, 3.63) is 12.1 Å². The maximum atomic E-state index is 11.9. The van der Waals surface area contributed by atoms with Crippen molar-refractivity contribution in [1.29, 1.82) is 0 Å². The third-order valence-electron chi connectivity index (χ3n) is 2.96. The van der Waals surface area contributed by atoms with Gasteiger partial charge in [0.15, 0.2) is 0 Å². The lowest BCUT2D eigenvalue weighted by molar-refractivity contribution is 0.180. The second kappa shape index (κ2) is 6.40. The van der Waals surface area contributed by atoms with Gasteiger partial charge >= 0.3 is 6.03 Å². The van der Waals surface area contributed by atoms with Gasteiger partial charge < -0.3 is 19.7 Å². The molecule has 20 heavy (non-hydrogen) atoms. The molecule has 0 bridgehead atoms. The molecule has 0 spiro atoms. The predicted molar refractivity (Wildman–Crippen MR) is 72.9 cm³/mol. The zero-order valence-corrected chi connectivity index (χ0v) is 12.0. The van der Waals surface area contributed by atoms with Crippen molar-refractivity contribution in [2.45, 2.75) is 32.4 Å². The molecular weight excluding hydrogens is 260 g/mol. The van der Waals surface area contributed by atoms with Gasteiger partial charge in [-0.1, -0.05) is 0 Å². The number of aromatic nitrogens is 2. The molecule has 1 aromatic rings. The van der Waals surface area contributed by atoms with Gasteiger partial charge in [-0.2, -0.15) is 0 Å². The number of amides is 2. The molecule has 1 aliphatic heterocycles. The molecule has 1 unspecified atom stereocenters. The highest BCUT2D eigenvalue weighted by atomic mass is 16.5. The molecule has 1 aliphatic rings. The fourth-order valence-corrected chi connectivity index (χ4v) is 2.00. The van der Waals surface area contributed by atoms with Gasteiger partial charge in [0.05, 0.1) is 13.7 Å². The van der Waals surface area contributed by atoms with E-state index in [0.29, 0.717) is 24.8 Å². The number of hydrogen-bond acceptors (Lipinski definition) is 5. The van der Waals surface area contributed by atoms with Crippen LogP contribution in [0.3, 0.4) is 0 Å². The summed E-state index contributed by atoms with van der Waals surface area (Å²) in [4.78, 5) is 13.6. The van der Waals surface area contributed by atoms with Crippen LogP contribution < -0.4 is 14.8 Å². The molecule has 2 rings (SSSR count). The summed E-state index contributed by atoms with van der Waals surface area (Å²) >= 11 is 0. The van der Waals surface area contributed by atoms with Crippen molar-refractivity contribution in [2.75, 3.05) is 20.2 Å². The Bertz CT molecular complexity index is 449. The molecule has 1 N–H and O–H groups in total. The average molecular weight is 280 g/mol. The van der Waals surface area contributed by atoms with Crippen LogP contribution in [0.15, 0.2) is 12.1 Å². The lowest BCUT2D eigenvalue weighted by atomic mass is 10.3. The number of carbonyl (C=O) groups is 1. The SMILES string of the molecule is COc1ccc(OC2CCN(C(=O)NC(C)C)C2)nn1. The van der Waals surface area contributed by atoms with E-state index in [9.17, 15) is 4.79 Å². The lowest BCUT2D eigenvalue weighted by Crippen LogP contribution is -2.42. The second-order valence-electron chi connectivity index (χ2n) is 4.99. The van der Waals surface area contributed by atoms with Crippen molar-refractivity contribution in [1.82, 2.24) is 20.4 Å². The van der Waals surface area contributed by atoms with Crippen molar-refractivity contribution in [3.8, 4) is 11.8 Å². The van der Waals surface area contributed by atoms with Gasteiger partial charge in [-0.15, -0.1) is 10.2 Å². The monoisotopic (exact) mass is 280 g/mol. The van der Waals surface area contributed by atoms with E-state index < -0.39 is 0 Å². The van der Waals surface area contributed by atoms with E-state index in [-0.39, 0.29) is 18.2 Å².